The minimum absolute atomic E-state index is 0. The van der Waals surface area contributed by atoms with Crippen LogP contribution in [0.5, 0.6) is 0 Å². The van der Waals surface area contributed by atoms with Crippen molar-refractivity contribution in [3.8, 4) is 0 Å². The highest BCUT2D eigenvalue weighted by molar-refractivity contribution is 6.22. The molecule has 0 spiro atoms. The average molecular weight is 765 g/mol. The maximum atomic E-state index is 12.6. The molecule has 254 valence electrons. The van der Waals surface area contributed by atoms with Gasteiger partial charge in [0.1, 0.15) is 0 Å². The molecule has 4 amide bonds. The van der Waals surface area contributed by atoms with Crippen LogP contribution in [0.2, 0.25) is 0 Å². The SMILES string of the molecule is C[N+](C)(CCCCCCCCCC[N+](C)(C)CCCN1C(=O)c2ccccc2C1=O)CCCN1C(=O)c2ccccc2C1=O.[Br-].[Br-]. The molecule has 0 atom stereocenters. The molecule has 0 saturated carbocycles. The Morgan fingerprint density at radius 1 is 0.413 bits per heavy atom. The number of hydrogen-bond donors (Lipinski definition) is 0. The van der Waals surface area contributed by atoms with Gasteiger partial charge in [-0.2, -0.15) is 0 Å². The first-order chi connectivity index (χ1) is 21.0. The monoisotopic (exact) mass is 762 g/mol. The highest BCUT2D eigenvalue weighted by Gasteiger charge is 2.36. The molecule has 2 aromatic carbocycles. The molecule has 0 N–H and O–H groups in total. The molecule has 0 saturated heterocycles. The number of halogens is 2. The Bertz CT molecular complexity index is 1180. The fourth-order valence-electron chi connectivity index (χ4n) is 6.56. The number of carbonyl (C=O) groups is 4. The number of nitrogens with zero attached hydrogens (tertiary/aromatic N) is 4. The Balaban J connectivity index is 0.00000368. The summed E-state index contributed by atoms with van der Waals surface area (Å²) in [5.74, 6) is -0.626. The zero-order valence-corrected chi connectivity index (χ0v) is 31.3. The van der Waals surface area contributed by atoms with E-state index in [1.165, 1.54) is 61.2 Å². The number of hydrogen-bond acceptors (Lipinski definition) is 4. The Hall–Kier alpha value is -2.40. The van der Waals surface area contributed by atoms with Crippen molar-refractivity contribution in [3.63, 3.8) is 0 Å². The molecule has 46 heavy (non-hydrogen) atoms. The summed E-state index contributed by atoms with van der Waals surface area (Å²) in [6.07, 6.45) is 11.6. The van der Waals surface area contributed by atoms with Crippen LogP contribution in [0, 0.1) is 0 Å². The number of rotatable bonds is 19. The molecular weight excluding hydrogens is 712 g/mol. The molecule has 0 radical (unpaired) electrons. The minimum Gasteiger partial charge on any atom is -1.00 e. The second kappa shape index (κ2) is 18.2. The molecule has 4 rings (SSSR count). The molecular formula is C36H52Br2N4O4. The van der Waals surface area contributed by atoms with Gasteiger partial charge in [-0.25, -0.2) is 0 Å². The van der Waals surface area contributed by atoms with Crippen LogP contribution in [0.4, 0.5) is 0 Å². The number of amides is 4. The standard InChI is InChI=1S/C36H52N4O4.2BrH/c1-39(2,27-17-23-37-33(41)29-19-11-12-20-30(29)34(37)42)25-15-9-7-5-6-8-10-16-26-40(3,4)28-18-24-38-35(43)31-21-13-14-22-32(31)36(38)44;;/h11-14,19-22H,5-10,15-18,23-28H2,1-4H3;2*1H/q+2;;/p-2. The highest BCUT2D eigenvalue weighted by atomic mass is 79.9. The van der Waals surface area contributed by atoms with Crippen molar-refractivity contribution >= 4 is 23.6 Å². The zero-order valence-electron chi connectivity index (χ0n) is 28.1. The molecule has 2 aliphatic heterocycles. The third-order valence-corrected chi connectivity index (χ3v) is 9.32. The second-order valence-electron chi connectivity index (χ2n) is 13.9. The van der Waals surface area contributed by atoms with Gasteiger partial charge in [0.05, 0.1) is 76.6 Å². The summed E-state index contributed by atoms with van der Waals surface area (Å²) in [6.45, 7) is 5.10. The Morgan fingerprint density at radius 3 is 0.935 bits per heavy atom. The van der Waals surface area contributed by atoms with Crippen molar-refractivity contribution in [1.82, 2.24) is 9.80 Å². The van der Waals surface area contributed by atoms with Crippen LogP contribution >= 0.6 is 0 Å². The van der Waals surface area contributed by atoms with Gasteiger partial charge in [0.15, 0.2) is 0 Å². The number of carbonyl (C=O) groups excluding carboxylic acids is 4. The molecule has 0 aliphatic carbocycles. The normalized spacial score (nSPS) is 14.3. The predicted octanol–water partition coefficient (Wildman–Crippen LogP) is -0.359. The lowest BCUT2D eigenvalue weighted by Gasteiger charge is -2.30. The number of quaternary nitrogens is 2. The van der Waals surface area contributed by atoms with E-state index in [0.717, 1.165) is 48.0 Å². The molecule has 2 aliphatic rings. The van der Waals surface area contributed by atoms with E-state index in [9.17, 15) is 19.2 Å². The molecule has 0 fully saturated rings. The fourth-order valence-corrected chi connectivity index (χ4v) is 6.56. The molecule has 2 heterocycles. The molecule has 8 nitrogen and oxygen atoms in total. The van der Waals surface area contributed by atoms with Gasteiger partial charge in [0.2, 0.25) is 0 Å². The maximum Gasteiger partial charge on any atom is 0.261 e. The van der Waals surface area contributed by atoms with Gasteiger partial charge in [-0.1, -0.05) is 49.9 Å². The van der Waals surface area contributed by atoms with Gasteiger partial charge in [0, 0.05) is 25.9 Å². The first-order valence-corrected chi connectivity index (χ1v) is 16.6. The smallest absolute Gasteiger partial charge is 0.261 e. The van der Waals surface area contributed by atoms with E-state index in [1.807, 2.05) is 24.3 Å². The molecule has 10 heteroatoms. The van der Waals surface area contributed by atoms with Crippen molar-refractivity contribution in [1.29, 1.82) is 0 Å². The van der Waals surface area contributed by atoms with Gasteiger partial charge < -0.3 is 42.9 Å². The van der Waals surface area contributed by atoms with E-state index < -0.39 is 0 Å². The number of unbranched alkanes of at least 4 members (excludes halogenated alkanes) is 7. The lowest BCUT2D eigenvalue weighted by Crippen LogP contribution is -3.00. The van der Waals surface area contributed by atoms with Crippen molar-refractivity contribution < 1.29 is 62.1 Å². The van der Waals surface area contributed by atoms with Gasteiger partial charge in [-0.15, -0.1) is 0 Å². The number of fused-ring (bicyclic) bond motifs is 2. The minimum atomic E-state index is -0.156. The van der Waals surface area contributed by atoms with Crippen molar-refractivity contribution in [2.24, 2.45) is 0 Å². The Morgan fingerprint density at radius 2 is 0.652 bits per heavy atom. The largest absolute Gasteiger partial charge is 1.00 e. The second-order valence-corrected chi connectivity index (χ2v) is 13.9. The van der Waals surface area contributed by atoms with Gasteiger partial charge in [0.25, 0.3) is 23.6 Å². The third-order valence-electron chi connectivity index (χ3n) is 9.32. The summed E-state index contributed by atoms with van der Waals surface area (Å²) in [6, 6.07) is 14.2. The first-order valence-electron chi connectivity index (χ1n) is 16.6. The number of imide groups is 2. The highest BCUT2D eigenvalue weighted by Crippen LogP contribution is 2.24. The predicted molar refractivity (Wildman–Crippen MR) is 173 cm³/mol. The van der Waals surface area contributed by atoms with Crippen LogP contribution in [0.25, 0.3) is 0 Å². The van der Waals surface area contributed by atoms with Gasteiger partial charge in [-0.3, -0.25) is 29.0 Å². The van der Waals surface area contributed by atoms with Crippen molar-refractivity contribution in [2.45, 2.75) is 64.2 Å². The summed E-state index contributed by atoms with van der Waals surface area (Å²) in [7, 11) is 8.97. The summed E-state index contributed by atoms with van der Waals surface area (Å²) in [4.78, 5) is 53.1. The van der Waals surface area contributed by atoms with E-state index in [-0.39, 0.29) is 57.6 Å². The van der Waals surface area contributed by atoms with Crippen LogP contribution < -0.4 is 34.0 Å². The Kier molecular flexibility index (Phi) is 15.8. The molecule has 2 aromatic rings. The number of benzene rings is 2. The van der Waals surface area contributed by atoms with Crippen LogP contribution in [0.1, 0.15) is 106 Å². The summed E-state index contributed by atoms with van der Waals surface area (Å²) in [5.41, 5.74) is 2.13. The van der Waals surface area contributed by atoms with E-state index in [0.29, 0.717) is 35.3 Å². The van der Waals surface area contributed by atoms with Crippen molar-refractivity contribution in [2.75, 3.05) is 67.5 Å². The van der Waals surface area contributed by atoms with Crippen LogP contribution in [-0.2, 0) is 0 Å². The average Bonchev–Trinajstić information content (AvgIpc) is 3.38. The molecule has 0 unspecified atom stereocenters. The Labute approximate surface area is 296 Å². The van der Waals surface area contributed by atoms with E-state index >= 15 is 0 Å². The van der Waals surface area contributed by atoms with Crippen LogP contribution in [0.15, 0.2) is 48.5 Å². The van der Waals surface area contributed by atoms with E-state index in [2.05, 4.69) is 28.2 Å². The van der Waals surface area contributed by atoms with Crippen LogP contribution in [0.3, 0.4) is 0 Å². The maximum absolute atomic E-state index is 12.6. The zero-order chi connectivity index (χ0) is 31.7. The summed E-state index contributed by atoms with van der Waals surface area (Å²) >= 11 is 0. The topological polar surface area (TPSA) is 74.8 Å². The third kappa shape index (κ3) is 10.6. The molecule has 0 bridgehead atoms. The van der Waals surface area contributed by atoms with Gasteiger partial charge >= 0.3 is 0 Å². The lowest BCUT2D eigenvalue weighted by atomic mass is 10.1. The van der Waals surface area contributed by atoms with E-state index in [4.69, 9.17) is 0 Å². The summed E-state index contributed by atoms with van der Waals surface area (Å²) < 4.78 is 1.82. The summed E-state index contributed by atoms with van der Waals surface area (Å²) in [5, 5.41) is 0. The quantitative estimate of drug-likeness (QED) is 0.112. The first kappa shape index (κ1) is 39.8. The van der Waals surface area contributed by atoms with Crippen LogP contribution in [-0.4, -0.2) is 110 Å². The fraction of sp³-hybridized carbons (Fsp3) is 0.556. The lowest BCUT2D eigenvalue weighted by molar-refractivity contribution is -0.890. The van der Waals surface area contributed by atoms with Crippen molar-refractivity contribution in [3.05, 3.63) is 70.8 Å². The van der Waals surface area contributed by atoms with E-state index in [1.54, 1.807) is 24.3 Å². The molecule has 0 aromatic heterocycles. The van der Waals surface area contributed by atoms with Gasteiger partial charge in [-0.05, 0) is 49.9 Å².